The molecule has 88 valence electrons. The van der Waals surface area contributed by atoms with E-state index in [1.54, 1.807) is 14.1 Å². The normalized spacial score (nSPS) is 9.88. The molecule has 0 radical (unpaired) electrons. The van der Waals surface area contributed by atoms with E-state index in [0.717, 1.165) is 0 Å². The zero-order valence-electron chi connectivity index (χ0n) is 9.28. The van der Waals surface area contributed by atoms with Gasteiger partial charge in [0.05, 0.1) is 6.20 Å². The van der Waals surface area contributed by atoms with Crippen molar-refractivity contribution in [3.8, 4) is 0 Å². The number of nitrogens with two attached hydrogens (primary N) is 1. The van der Waals surface area contributed by atoms with Gasteiger partial charge in [-0.2, -0.15) is 5.10 Å². The first-order valence-electron chi connectivity index (χ1n) is 4.82. The Balaban J connectivity index is 2.47. The van der Waals surface area contributed by atoms with Gasteiger partial charge in [-0.1, -0.05) is 0 Å². The Hall–Kier alpha value is -2.05. The number of aromatic nitrogens is 2. The lowest BCUT2D eigenvalue weighted by atomic mass is 10.3. The predicted octanol–water partition coefficient (Wildman–Crippen LogP) is -1.13. The van der Waals surface area contributed by atoms with Crippen molar-refractivity contribution in [3.05, 3.63) is 11.8 Å². The van der Waals surface area contributed by atoms with Gasteiger partial charge in [-0.15, -0.1) is 0 Å². The maximum atomic E-state index is 11.6. The van der Waals surface area contributed by atoms with Gasteiger partial charge in [0, 0.05) is 27.1 Å². The molecule has 4 N–H and O–H groups in total. The van der Waals surface area contributed by atoms with E-state index in [9.17, 15) is 9.59 Å². The van der Waals surface area contributed by atoms with Crippen LogP contribution in [0.2, 0.25) is 0 Å². The molecule has 1 aromatic rings. The van der Waals surface area contributed by atoms with Crippen LogP contribution in [0.3, 0.4) is 0 Å². The number of carbonyl (C=O) groups excluding carboxylic acids is 2. The summed E-state index contributed by atoms with van der Waals surface area (Å²) in [5.74, 6) is -0.147. The standard InChI is InChI=1S/C9H15N5O2/c1-11-7(15)3-4-12-9(16)6-5-13-14(2)8(6)10/h5H,3-4,10H2,1-2H3,(H,11,15)(H,12,16). The number of rotatable bonds is 4. The summed E-state index contributed by atoms with van der Waals surface area (Å²) in [7, 11) is 3.19. The van der Waals surface area contributed by atoms with E-state index in [1.165, 1.54) is 10.9 Å². The molecule has 0 saturated heterocycles. The lowest BCUT2D eigenvalue weighted by Gasteiger charge is -2.03. The molecule has 16 heavy (non-hydrogen) atoms. The monoisotopic (exact) mass is 225 g/mol. The Morgan fingerprint density at radius 1 is 1.56 bits per heavy atom. The summed E-state index contributed by atoms with van der Waals surface area (Å²) in [5, 5.41) is 8.90. The van der Waals surface area contributed by atoms with Crippen LogP contribution >= 0.6 is 0 Å². The average Bonchev–Trinajstić information content (AvgIpc) is 2.59. The maximum Gasteiger partial charge on any atom is 0.256 e. The first-order chi connectivity index (χ1) is 7.56. The van der Waals surface area contributed by atoms with Crippen LogP contribution in [0.4, 0.5) is 5.82 Å². The summed E-state index contributed by atoms with van der Waals surface area (Å²) in [4.78, 5) is 22.5. The fourth-order valence-corrected chi connectivity index (χ4v) is 1.13. The van der Waals surface area contributed by atoms with Gasteiger partial charge < -0.3 is 16.4 Å². The molecule has 0 bridgehead atoms. The highest BCUT2D eigenvalue weighted by Crippen LogP contribution is 2.08. The number of nitrogens with zero attached hydrogens (tertiary/aromatic N) is 2. The molecule has 0 aliphatic heterocycles. The highest BCUT2D eigenvalue weighted by atomic mass is 16.2. The van der Waals surface area contributed by atoms with E-state index in [-0.39, 0.29) is 24.8 Å². The third kappa shape index (κ3) is 2.72. The van der Waals surface area contributed by atoms with Gasteiger partial charge >= 0.3 is 0 Å². The van der Waals surface area contributed by atoms with Crippen molar-refractivity contribution >= 4 is 17.6 Å². The van der Waals surface area contributed by atoms with Crippen LogP contribution in [0.25, 0.3) is 0 Å². The molecular formula is C9H15N5O2. The molecule has 0 atom stereocenters. The molecule has 1 aromatic heterocycles. The molecule has 0 aliphatic carbocycles. The fourth-order valence-electron chi connectivity index (χ4n) is 1.13. The van der Waals surface area contributed by atoms with Crippen molar-refractivity contribution in [1.29, 1.82) is 0 Å². The van der Waals surface area contributed by atoms with E-state index in [0.29, 0.717) is 11.4 Å². The van der Waals surface area contributed by atoms with E-state index >= 15 is 0 Å². The third-order valence-corrected chi connectivity index (χ3v) is 2.15. The quantitative estimate of drug-likeness (QED) is 0.603. The highest BCUT2D eigenvalue weighted by molar-refractivity contribution is 5.98. The number of amides is 2. The van der Waals surface area contributed by atoms with Gasteiger partial charge in [0.1, 0.15) is 11.4 Å². The molecule has 0 aliphatic rings. The van der Waals surface area contributed by atoms with Crippen molar-refractivity contribution in [3.63, 3.8) is 0 Å². The Morgan fingerprint density at radius 3 is 2.75 bits per heavy atom. The van der Waals surface area contributed by atoms with E-state index in [2.05, 4.69) is 15.7 Å². The number of carbonyl (C=O) groups is 2. The average molecular weight is 225 g/mol. The Kier molecular flexibility index (Phi) is 3.87. The topological polar surface area (TPSA) is 102 Å². The van der Waals surface area contributed by atoms with Crippen molar-refractivity contribution in [2.75, 3.05) is 19.3 Å². The van der Waals surface area contributed by atoms with Gasteiger partial charge in [-0.05, 0) is 0 Å². The Labute approximate surface area is 93.0 Å². The molecule has 1 rings (SSSR count). The molecule has 0 saturated carbocycles. The van der Waals surface area contributed by atoms with Crippen molar-refractivity contribution in [1.82, 2.24) is 20.4 Å². The number of aryl methyl sites for hydroxylation is 1. The second kappa shape index (κ2) is 5.15. The van der Waals surface area contributed by atoms with E-state index in [1.807, 2.05) is 0 Å². The summed E-state index contributed by atoms with van der Waals surface area (Å²) < 4.78 is 1.41. The molecule has 7 heteroatoms. The lowest BCUT2D eigenvalue weighted by molar-refractivity contribution is -0.120. The van der Waals surface area contributed by atoms with Crippen LogP contribution in [0.15, 0.2) is 6.20 Å². The van der Waals surface area contributed by atoms with Gasteiger partial charge in [-0.3, -0.25) is 14.3 Å². The molecule has 1 heterocycles. The second-order valence-electron chi connectivity index (χ2n) is 3.25. The van der Waals surface area contributed by atoms with Crippen LogP contribution in [0, 0.1) is 0 Å². The summed E-state index contributed by atoms with van der Waals surface area (Å²) in [6.45, 7) is 0.271. The zero-order chi connectivity index (χ0) is 12.1. The molecule has 2 amide bonds. The van der Waals surface area contributed by atoms with Crippen molar-refractivity contribution in [2.24, 2.45) is 7.05 Å². The summed E-state index contributed by atoms with van der Waals surface area (Å²) in [5.41, 5.74) is 5.94. The number of nitrogens with one attached hydrogen (secondary N) is 2. The van der Waals surface area contributed by atoms with Crippen LogP contribution in [-0.4, -0.2) is 35.2 Å². The maximum absolute atomic E-state index is 11.6. The van der Waals surface area contributed by atoms with Gasteiger partial charge in [0.15, 0.2) is 0 Å². The third-order valence-electron chi connectivity index (χ3n) is 2.15. The van der Waals surface area contributed by atoms with Gasteiger partial charge in [-0.25, -0.2) is 0 Å². The minimum atomic E-state index is -0.325. The fraction of sp³-hybridized carbons (Fsp3) is 0.444. The highest BCUT2D eigenvalue weighted by Gasteiger charge is 2.13. The Bertz CT molecular complexity index is 399. The number of nitrogen functional groups attached to an aromatic ring is 1. The molecule has 0 spiro atoms. The molecule has 0 unspecified atom stereocenters. The smallest absolute Gasteiger partial charge is 0.256 e. The van der Waals surface area contributed by atoms with E-state index in [4.69, 9.17) is 5.73 Å². The summed E-state index contributed by atoms with van der Waals surface area (Å²) in [6.07, 6.45) is 1.63. The minimum absolute atomic E-state index is 0.126. The molecular weight excluding hydrogens is 210 g/mol. The number of anilines is 1. The lowest BCUT2D eigenvalue weighted by Crippen LogP contribution is -2.29. The van der Waals surface area contributed by atoms with E-state index < -0.39 is 0 Å². The second-order valence-corrected chi connectivity index (χ2v) is 3.25. The van der Waals surface area contributed by atoms with Gasteiger partial charge in [0.2, 0.25) is 5.91 Å². The number of hydrogen-bond donors (Lipinski definition) is 3. The summed E-state index contributed by atoms with van der Waals surface area (Å²) >= 11 is 0. The molecule has 0 fully saturated rings. The molecule has 0 aromatic carbocycles. The number of hydrogen-bond acceptors (Lipinski definition) is 4. The van der Waals surface area contributed by atoms with Crippen molar-refractivity contribution in [2.45, 2.75) is 6.42 Å². The largest absolute Gasteiger partial charge is 0.383 e. The Morgan fingerprint density at radius 2 is 2.25 bits per heavy atom. The van der Waals surface area contributed by atoms with Gasteiger partial charge in [0.25, 0.3) is 5.91 Å². The first kappa shape index (κ1) is 12.0. The first-order valence-corrected chi connectivity index (χ1v) is 4.82. The zero-order valence-corrected chi connectivity index (χ0v) is 9.28. The van der Waals surface area contributed by atoms with Crippen LogP contribution in [-0.2, 0) is 11.8 Å². The van der Waals surface area contributed by atoms with Crippen molar-refractivity contribution < 1.29 is 9.59 Å². The van der Waals surface area contributed by atoms with Crippen LogP contribution in [0.1, 0.15) is 16.8 Å². The minimum Gasteiger partial charge on any atom is -0.383 e. The summed E-state index contributed by atoms with van der Waals surface area (Å²) in [6, 6.07) is 0. The van der Waals surface area contributed by atoms with Crippen LogP contribution < -0.4 is 16.4 Å². The SMILES string of the molecule is CNC(=O)CCNC(=O)c1cnn(C)c1N. The molecule has 7 nitrogen and oxygen atoms in total. The van der Waals surface area contributed by atoms with Crippen LogP contribution in [0.5, 0.6) is 0 Å². The predicted molar refractivity (Wildman–Crippen MR) is 58.6 cm³/mol.